The van der Waals surface area contributed by atoms with Gasteiger partial charge >= 0.3 is 0 Å². The van der Waals surface area contributed by atoms with E-state index in [-0.39, 0.29) is 6.10 Å². The van der Waals surface area contributed by atoms with E-state index >= 15 is 0 Å². The van der Waals surface area contributed by atoms with Gasteiger partial charge in [-0.25, -0.2) is 0 Å². The second-order valence-corrected chi connectivity index (χ2v) is 9.07. The Kier molecular flexibility index (Phi) is 15.1. The van der Waals surface area contributed by atoms with Crippen LogP contribution in [0.3, 0.4) is 0 Å². The molecular formula is C19H40O4S. The van der Waals surface area contributed by atoms with E-state index in [1.165, 1.54) is 38.5 Å². The van der Waals surface area contributed by atoms with Crippen LogP contribution in [0.2, 0.25) is 0 Å². The van der Waals surface area contributed by atoms with Gasteiger partial charge in [0.2, 0.25) is 0 Å². The van der Waals surface area contributed by atoms with E-state index in [1.807, 2.05) is 0 Å². The van der Waals surface area contributed by atoms with Crippen LogP contribution in [0.4, 0.5) is 0 Å². The maximum Gasteiger partial charge on any atom is 0.267 e. The molecule has 0 aromatic carbocycles. The number of aliphatic hydroxyl groups is 1. The summed E-state index contributed by atoms with van der Waals surface area (Å²) in [5.74, 6) is 0. The highest BCUT2D eigenvalue weighted by Gasteiger charge is 2.15. The average molecular weight is 365 g/mol. The minimum atomic E-state index is -3.86. The third-order valence-electron chi connectivity index (χ3n) is 4.80. The fourth-order valence-corrected chi connectivity index (χ4v) is 3.44. The van der Waals surface area contributed by atoms with Crippen molar-refractivity contribution < 1.29 is 18.1 Å². The van der Waals surface area contributed by atoms with Crippen molar-refractivity contribution in [1.82, 2.24) is 0 Å². The molecule has 146 valence electrons. The van der Waals surface area contributed by atoms with Crippen molar-refractivity contribution >= 4 is 10.1 Å². The largest absolute Gasteiger partial charge is 0.393 e. The van der Waals surface area contributed by atoms with Gasteiger partial charge in [0, 0.05) is 0 Å². The second kappa shape index (κ2) is 15.2. The number of aliphatic hydroxyl groups excluding tert-OH is 1. The van der Waals surface area contributed by atoms with Gasteiger partial charge in [-0.2, -0.15) is 8.42 Å². The molecule has 0 heterocycles. The lowest BCUT2D eigenvalue weighted by molar-refractivity contribution is 0.147. The lowest BCUT2D eigenvalue weighted by Crippen LogP contribution is -2.16. The van der Waals surface area contributed by atoms with Crippen LogP contribution in [0.25, 0.3) is 0 Å². The summed E-state index contributed by atoms with van der Waals surface area (Å²) in [6.45, 7) is 3.78. The maximum atomic E-state index is 10.9. The highest BCUT2D eigenvalue weighted by Crippen LogP contribution is 2.15. The van der Waals surface area contributed by atoms with E-state index in [0.717, 1.165) is 51.4 Å². The van der Waals surface area contributed by atoms with Crippen LogP contribution in [0, 0.1) is 0 Å². The third-order valence-corrected chi connectivity index (χ3v) is 6.05. The molecule has 2 unspecified atom stereocenters. The highest BCUT2D eigenvalue weighted by atomic mass is 32.2. The Bertz CT molecular complexity index is 368. The second-order valence-electron chi connectivity index (χ2n) is 7.23. The van der Waals surface area contributed by atoms with Crippen LogP contribution in [0.1, 0.15) is 110 Å². The predicted octanol–water partition coefficient (Wildman–Crippen LogP) is 5.50. The van der Waals surface area contributed by atoms with Gasteiger partial charge in [-0.1, -0.05) is 84.0 Å². The summed E-state index contributed by atoms with van der Waals surface area (Å²) in [5.41, 5.74) is 0. The normalized spacial score (nSPS) is 14.7. The van der Waals surface area contributed by atoms with Crippen molar-refractivity contribution in [2.24, 2.45) is 0 Å². The molecule has 0 aliphatic heterocycles. The van der Waals surface area contributed by atoms with Crippen LogP contribution in [-0.2, 0) is 10.1 Å². The van der Waals surface area contributed by atoms with Gasteiger partial charge in [0.05, 0.1) is 11.4 Å². The SMILES string of the molecule is CCCCCCCCCC(O)CCCCCCCC(C)S(=O)(=O)O. The van der Waals surface area contributed by atoms with Crippen LogP contribution < -0.4 is 0 Å². The number of unbranched alkanes of at least 4 members (excludes halogenated alkanes) is 10. The monoisotopic (exact) mass is 364 g/mol. The molecule has 24 heavy (non-hydrogen) atoms. The number of rotatable bonds is 17. The molecule has 0 radical (unpaired) electrons. The number of hydrogen-bond donors (Lipinski definition) is 2. The van der Waals surface area contributed by atoms with Crippen molar-refractivity contribution in [2.75, 3.05) is 0 Å². The topological polar surface area (TPSA) is 74.6 Å². The molecule has 0 saturated carbocycles. The van der Waals surface area contributed by atoms with Crippen molar-refractivity contribution in [2.45, 2.75) is 122 Å². The van der Waals surface area contributed by atoms with E-state index in [4.69, 9.17) is 4.55 Å². The van der Waals surface area contributed by atoms with E-state index in [1.54, 1.807) is 6.92 Å². The van der Waals surface area contributed by atoms with E-state index in [0.29, 0.717) is 6.42 Å². The third kappa shape index (κ3) is 15.4. The molecule has 0 aromatic heterocycles. The van der Waals surface area contributed by atoms with Gasteiger partial charge in [-0.15, -0.1) is 0 Å². The average Bonchev–Trinajstić information content (AvgIpc) is 2.52. The highest BCUT2D eigenvalue weighted by molar-refractivity contribution is 7.86. The van der Waals surface area contributed by atoms with Crippen LogP contribution in [0.15, 0.2) is 0 Å². The first-order valence-electron chi connectivity index (χ1n) is 10.0. The summed E-state index contributed by atoms with van der Waals surface area (Å²) in [7, 11) is -3.86. The van der Waals surface area contributed by atoms with Gasteiger partial charge in [-0.05, 0) is 26.2 Å². The quantitative estimate of drug-likeness (QED) is 0.264. The zero-order chi connectivity index (χ0) is 18.3. The van der Waals surface area contributed by atoms with Gasteiger partial charge in [-0.3, -0.25) is 4.55 Å². The van der Waals surface area contributed by atoms with Crippen molar-refractivity contribution in [3.05, 3.63) is 0 Å². The first-order valence-corrected chi connectivity index (χ1v) is 11.5. The molecule has 0 saturated heterocycles. The molecular weight excluding hydrogens is 324 g/mol. The summed E-state index contributed by atoms with van der Waals surface area (Å²) in [4.78, 5) is 0. The Morgan fingerprint density at radius 2 is 1.08 bits per heavy atom. The molecule has 0 rings (SSSR count). The van der Waals surface area contributed by atoms with Crippen molar-refractivity contribution in [3.8, 4) is 0 Å². The van der Waals surface area contributed by atoms with Crippen LogP contribution in [-0.4, -0.2) is 29.4 Å². The van der Waals surface area contributed by atoms with Crippen LogP contribution in [0.5, 0.6) is 0 Å². The van der Waals surface area contributed by atoms with Crippen LogP contribution >= 0.6 is 0 Å². The Morgan fingerprint density at radius 3 is 1.50 bits per heavy atom. The Balaban J connectivity index is 3.33. The molecule has 0 spiro atoms. The van der Waals surface area contributed by atoms with E-state index < -0.39 is 15.4 Å². The summed E-state index contributed by atoms with van der Waals surface area (Å²) >= 11 is 0. The Morgan fingerprint density at radius 1 is 0.708 bits per heavy atom. The van der Waals surface area contributed by atoms with Gasteiger partial charge in [0.1, 0.15) is 0 Å². The fraction of sp³-hybridized carbons (Fsp3) is 1.00. The first-order chi connectivity index (χ1) is 11.4. The van der Waals surface area contributed by atoms with E-state index in [9.17, 15) is 13.5 Å². The molecule has 5 heteroatoms. The minimum absolute atomic E-state index is 0.153. The number of hydrogen-bond acceptors (Lipinski definition) is 3. The zero-order valence-corrected chi connectivity index (χ0v) is 16.7. The molecule has 0 aromatic rings. The summed E-state index contributed by atoms with van der Waals surface area (Å²) in [6.07, 6.45) is 16.2. The van der Waals surface area contributed by atoms with Gasteiger partial charge < -0.3 is 5.11 Å². The minimum Gasteiger partial charge on any atom is -0.393 e. The Labute approximate surface area is 150 Å². The summed E-state index contributed by atoms with van der Waals surface area (Å²) < 4.78 is 30.6. The maximum absolute atomic E-state index is 10.9. The van der Waals surface area contributed by atoms with E-state index in [2.05, 4.69) is 6.92 Å². The molecule has 0 aliphatic rings. The van der Waals surface area contributed by atoms with Crippen molar-refractivity contribution in [3.63, 3.8) is 0 Å². The standard InChI is InChI=1S/C19H40O4S/c1-3-4-5-6-7-10-13-16-19(20)17-14-11-8-9-12-15-18(2)24(21,22)23/h18-20H,3-17H2,1-2H3,(H,21,22,23). The van der Waals surface area contributed by atoms with Crippen molar-refractivity contribution in [1.29, 1.82) is 0 Å². The van der Waals surface area contributed by atoms with Gasteiger partial charge in [0.15, 0.2) is 0 Å². The zero-order valence-electron chi connectivity index (χ0n) is 15.9. The fourth-order valence-electron chi connectivity index (χ4n) is 2.97. The molecule has 0 fully saturated rings. The molecule has 0 bridgehead atoms. The molecule has 0 amide bonds. The lowest BCUT2D eigenvalue weighted by atomic mass is 10.0. The Hall–Kier alpha value is -0.130. The molecule has 4 nitrogen and oxygen atoms in total. The van der Waals surface area contributed by atoms with Gasteiger partial charge in [0.25, 0.3) is 10.1 Å². The predicted molar refractivity (Wildman–Crippen MR) is 102 cm³/mol. The molecule has 2 atom stereocenters. The molecule has 0 aliphatic carbocycles. The smallest absolute Gasteiger partial charge is 0.267 e. The summed E-state index contributed by atoms with van der Waals surface area (Å²) in [6, 6.07) is 0. The molecule has 2 N–H and O–H groups in total. The lowest BCUT2D eigenvalue weighted by Gasteiger charge is -2.10. The summed E-state index contributed by atoms with van der Waals surface area (Å²) in [5, 5.41) is 9.31. The first kappa shape index (κ1) is 23.9.